The van der Waals surface area contributed by atoms with E-state index in [-0.39, 0.29) is 30.8 Å². The summed E-state index contributed by atoms with van der Waals surface area (Å²) in [4.78, 5) is 37.4. The molecule has 9 nitrogen and oxygen atoms in total. The highest BCUT2D eigenvalue weighted by Gasteiger charge is 2.29. The van der Waals surface area contributed by atoms with Crippen molar-refractivity contribution in [2.24, 2.45) is 5.73 Å². The molecule has 0 aliphatic carbocycles. The fraction of sp³-hybridized carbons (Fsp3) is 0.368. The Labute approximate surface area is 162 Å². The Morgan fingerprint density at radius 2 is 2.04 bits per heavy atom. The molecule has 1 aliphatic heterocycles. The van der Waals surface area contributed by atoms with Crippen molar-refractivity contribution < 1.29 is 19.1 Å². The van der Waals surface area contributed by atoms with Crippen LogP contribution < -0.4 is 11.1 Å². The van der Waals surface area contributed by atoms with Gasteiger partial charge in [-0.05, 0) is 30.9 Å². The molecule has 2 heterocycles. The van der Waals surface area contributed by atoms with E-state index in [0.717, 1.165) is 24.8 Å². The number of hydrogen-bond donors (Lipinski definition) is 3. The number of nitrogens with zero attached hydrogens (tertiary/aromatic N) is 2. The van der Waals surface area contributed by atoms with Gasteiger partial charge >= 0.3 is 6.09 Å². The minimum absolute atomic E-state index is 0.135. The first-order chi connectivity index (χ1) is 13.5. The van der Waals surface area contributed by atoms with Gasteiger partial charge in [0.1, 0.15) is 18.8 Å². The van der Waals surface area contributed by atoms with Gasteiger partial charge in [-0.15, -0.1) is 0 Å². The molecular formula is C19H23N5O4. The van der Waals surface area contributed by atoms with E-state index in [1.165, 1.54) is 0 Å². The van der Waals surface area contributed by atoms with E-state index < -0.39 is 12.0 Å². The van der Waals surface area contributed by atoms with Gasteiger partial charge < -0.3 is 20.7 Å². The van der Waals surface area contributed by atoms with Crippen LogP contribution in [-0.4, -0.2) is 46.1 Å². The number of carbonyl (C=O) groups excluding carboxylic acids is 3. The van der Waals surface area contributed by atoms with E-state index in [0.29, 0.717) is 12.2 Å². The third-order valence-corrected chi connectivity index (χ3v) is 4.63. The number of rotatable bonds is 6. The molecule has 0 spiro atoms. The standard InChI is InChI=1S/C19H23N5O4/c20-18(26)15-10-14(22-23-15)16-8-4-5-9-24(16)17(25)11-21-19(27)28-12-13-6-2-1-3-7-13/h1-3,6-7,10,16H,4-5,8-9,11-12H2,(H2,20,26)(H,21,27)(H,22,23). The highest BCUT2D eigenvalue weighted by atomic mass is 16.5. The number of aromatic amines is 1. The number of benzene rings is 1. The second kappa shape index (κ2) is 9.03. The molecule has 1 fully saturated rings. The summed E-state index contributed by atoms with van der Waals surface area (Å²) in [6, 6.07) is 10.6. The minimum Gasteiger partial charge on any atom is -0.445 e. The van der Waals surface area contributed by atoms with Gasteiger partial charge in [-0.25, -0.2) is 4.79 Å². The predicted octanol–water partition coefficient (Wildman–Crippen LogP) is 1.49. The van der Waals surface area contributed by atoms with Crippen LogP contribution >= 0.6 is 0 Å². The molecule has 9 heteroatoms. The predicted molar refractivity (Wildman–Crippen MR) is 100 cm³/mol. The first kappa shape index (κ1) is 19.4. The van der Waals surface area contributed by atoms with Crippen molar-refractivity contribution in [1.29, 1.82) is 0 Å². The highest BCUT2D eigenvalue weighted by molar-refractivity contribution is 5.90. The van der Waals surface area contributed by atoms with Crippen LogP contribution in [0.2, 0.25) is 0 Å². The van der Waals surface area contributed by atoms with Crippen molar-refractivity contribution in [2.75, 3.05) is 13.1 Å². The Morgan fingerprint density at radius 1 is 1.25 bits per heavy atom. The van der Waals surface area contributed by atoms with Gasteiger partial charge in [0.2, 0.25) is 5.91 Å². The Bertz CT molecular complexity index is 836. The molecule has 0 saturated carbocycles. The fourth-order valence-corrected chi connectivity index (χ4v) is 3.21. The average molecular weight is 385 g/mol. The summed E-state index contributed by atoms with van der Waals surface area (Å²) in [6.07, 6.45) is 1.91. The molecule has 1 aromatic heterocycles. The van der Waals surface area contributed by atoms with E-state index in [9.17, 15) is 14.4 Å². The zero-order chi connectivity index (χ0) is 19.9. The number of nitrogens with two attached hydrogens (primary N) is 1. The molecule has 1 unspecified atom stereocenters. The molecule has 4 N–H and O–H groups in total. The summed E-state index contributed by atoms with van der Waals surface area (Å²) < 4.78 is 5.12. The lowest BCUT2D eigenvalue weighted by atomic mass is 9.99. The lowest BCUT2D eigenvalue weighted by Gasteiger charge is -2.35. The largest absolute Gasteiger partial charge is 0.445 e. The summed E-state index contributed by atoms with van der Waals surface area (Å²) in [5, 5.41) is 9.17. The van der Waals surface area contributed by atoms with Crippen LogP contribution in [0.4, 0.5) is 4.79 Å². The van der Waals surface area contributed by atoms with E-state index in [1.54, 1.807) is 11.0 Å². The molecule has 1 saturated heterocycles. The number of H-pyrrole nitrogens is 1. The molecule has 3 amide bonds. The molecule has 1 atom stereocenters. The molecule has 0 radical (unpaired) electrons. The number of alkyl carbamates (subject to hydrolysis) is 1. The molecule has 0 bridgehead atoms. The molecule has 1 aromatic carbocycles. The van der Waals surface area contributed by atoms with Crippen LogP contribution in [-0.2, 0) is 16.1 Å². The van der Waals surface area contributed by atoms with Gasteiger partial charge in [-0.2, -0.15) is 5.10 Å². The molecule has 3 rings (SSSR count). The van der Waals surface area contributed by atoms with Crippen molar-refractivity contribution in [1.82, 2.24) is 20.4 Å². The van der Waals surface area contributed by atoms with Crippen molar-refractivity contribution in [2.45, 2.75) is 31.9 Å². The van der Waals surface area contributed by atoms with Crippen molar-refractivity contribution in [3.8, 4) is 0 Å². The quantitative estimate of drug-likeness (QED) is 0.693. The number of primary amides is 1. The number of ether oxygens (including phenoxy) is 1. The van der Waals surface area contributed by atoms with E-state index >= 15 is 0 Å². The Balaban J connectivity index is 1.53. The Morgan fingerprint density at radius 3 is 2.75 bits per heavy atom. The fourth-order valence-electron chi connectivity index (χ4n) is 3.21. The van der Waals surface area contributed by atoms with Gasteiger partial charge in [0.15, 0.2) is 0 Å². The zero-order valence-corrected chi connectivity index (χ0v) is 15.4. The second-order valence-corrected chi connectivity index (χ2v) is 6.59. The van der Waals surface area contributed by atoms with Crippen molar-refractivity contribution in [3.63, 3.8) is 0 Å². The summed E-state index contributed by atoms with van der Waals surface area (Å²) in [7, 11) is 0. The number of aromatic nitrogens is 2. The molecule has 2 aromatic rings. The third-order valence-electron chi connectivity index (χ3n) is 4.63. The zero-order valence-electron chi connectivity index (χ0n) is 15.4. The van der Waals surface area contributed by atoms with Crippen LogP contribution in [0.1, 0.15) is 47.1 Å². The maximum Gasteiger partial charge on any atom is 0.407 e. The molecule has 148 valence electrons. The number of piperidine rings is 1. The summed E-state index contributed by atoms with van der Waals surface area (Å²) in [5.74, 6) is -0.851. The first-order valence-electron chi connectivity index (χ1n) is 9.13. The van der Waals surface area contributed by atoms with Gasteiger partial charge in [0.05, 0.1) is 11.7 Å². The SMILES string of the molecule is NC(=O)c1cc(C2CCCCN2C(=O)CNC(=O)OCc2ccccc2)[nH]n1. The topological polar surface area (TPSA) is 130 Å². The smallest absolute Gasteiger partial charge is 0.407 e. The lowest BCUT2D eigenvalue weighted by Crippen LogP contribution is -2.44. The maximum atomic E-state index is 12.6. The van der Waals surface area contributed by atoms with E-state index in [4.69, 9.17) is 10.5 Å². The van der Waals surface area contributed by atoms with Crippen molar-refractivity contribution >= 4 is 17.9 Å². The average Bonchev–Trinajstić information content (AvgIpc) is 3.22. The Kier molecular flexibility index (Phi) is 6.25. The Hall–Kier alpha value is -3.36. The van der Waals surface area contributed by atoms with Gasteiger partial charge in [0, 0.05) is 6.54 Å². The number of likely N-dealkylation sites (tertiary alicyclic amines) is 1. The van der Waals surface area contributed by atoms with Crippen LogP contribution in [0.25, 0.3) is 0 Å². The summed E-state index contributed by atoms with van der Waals surface area (Å²) >= 11 is 0. The van der Waals surface area contributed by atoms with Gasteiger partial charge in [-0.3, -0.25) is 14.7 Å². The maximum absolute atomic E-state index is 12.6. The molecular weight excluding hydrogens is 362 g/mol. The third kappa shape index (κ3) is 4.87. The summed E-state index contributed by atoms with van der Waals surface area (Å²) in [5.41, 5.74) is 6.90. The minimum atomic E-state index is -0.650. The molecule has 1 aliphatic rings. The summed E-state index contributed by atoms with van der Waals surface area (Å²) in [6.45, 7) is 0.535. The van der Waals surface area contributed by atoms with Crippen molar-refractivity contribution in [3.05, 3.63) is 53.3 Å². The van der Waals surface area contributed by atoms with Gasteiger partial charge in [-0.1, -0.05) is 30.3 Å². The van der Waals surface area contributed by atoms with Crippen LogP contribution in [0.5, 0.6) is 0 Å². The first-order valence-corrected chi connectivity index (χ1v) is 9.13. The number of hydrogen-bond acceptors (Lipinski definition) is 5. The highest BCUT2D eigenvalue weighted by Crippen LogP contribution is 2.30. The second-order valence-electron chi connectivity index (χ2n) is 6.59. The number of carbonyl (C=O) groups is 3. The van der Waals surface area contributed by atoms with Crippen LogP contribution in [0.3, 0.4) is 0 Å². The number of nitrogens with one attached hydrogen (secondary N) is 2. The van der Waals surface area contributed by atoms with Crippen LogP contribution in [0, 0.1) is 0 Å². The van der Waals surface area contributed by atoms with Gasteiger partial charge in [0.25, 0.3) is 5.91 Å². The molecule has 28 heavy (non-hydrogen) atoms. The van der Waals surface area contributed by atoms with Crippen LogP contribution in [0.15, 0.2) is 36.4 Å². The van der Waals surface area contributed by atoms with E-state index in [1.807, 2.05) is 30.3 Å². The number of amides is 3. The monoisotopic (exact) mass is 385 g/mol. The normalized spacial score (nSPS) is 16.4. The van der Waals surface area contributed by atoms with E-state index in [2.05, 4.69) is 15.5 Å². The lowest BCUT2D eigenvalue weighted by molar-refractivity contribution is -0.134.